The van der Waals surface area contributed by atoms with Crippen molar-refractivity contribution in [2.24, 2.45) is 14.1 Å². The molecule has 146 valence electrons. The first-order valence-corrected chi connectivity index (χ1v) is 8.50. The van der Waals surface area contributed by atoms with E-state index in [-0.39, 0.29) is 36.0 Å². The summed E-state index contributed by atoms with van der Waals surface area (Å²) in [5.74, 6) is -0.185. The molecule has 0 unspecified atom stereocenters. The number of carbonyl (C=O) groups excluding carboxylic acids is 1. The van der Waals surface area contributed by atoms with Crippen LogP contribution >= 0.6 is 12.4 Å². The standard InChI is InChI=1S/C16H26N6O3.ClH/c1-5-21(6-2)9-7-8-17-12(23)10-22-11-18-14-13(22)15(24)20(4)16(25)19(14)3;/h11H,5-10H2,1-4H3,(H,17,23);1H. The van der Waals surface area contributed by atoms with Crippen molar-refractivity contribution in [2.45, 2.75) is 26.8 Å². The van der Waals surface area contributed by atoms with Crippen molar-refractivity contribution < 1.29 is 4.79 Å². The minimum atomic E-state index is -0.454. The van der Waals surface area contributed by atoms with Gasteiger partial charge in [0.15, 0.2) is 11.2 Å². The Bertz CT molecular complexity index is 865. The average molecular weight is 387 g/mol. The first-order chi connectivity index (χ1) is 11.9. The van der Waals surface area contributed by atoms with Crippen LogP contribution in [-0.2, 0) is 25.4 Å². The van der Waals surface area contributed by atoms with Gasteiger partial charge in [-0.05, 0) is 26.1 Å². The lowest BCUT2D eigenvalue weighted by Crippen LogP contribution is -2.38. The van der Waals surface area contributed by atoms with Crippen molar-refractivity contribution in [2.75, 3.05) is 26.2 Å². The van der Waals surface area contributed by atoms with Crippen LogP contribution in [0.2, 0.25) is 0 Å². The zero-order valence-corrected chi connectivity index (χ0v) is 16.5. The van der Waals surface area contributed by atoms with Gasteiger partial charge in [-0.2, -0.15) is 0 Å². The van der Waals surface area contributed by atoms with E-state index in [0.717, 1.165) is 30.6 Å². The predicted octanol–water partition coefficient (Wildman–Crippen LogP) is -0.296. The molecule has 0 bridgehead atoms. The first kappa shape index (κ1) is 21.9. The van der Waals surface area contributed by atoms with Crippen LogP contribution in [0, 0.1) is 0 Å². The summed E-state index contributed by atoms with van der Waals surface area (Å²) in [6, 6.07) is 0. The topological polar surface area (TPSA) is 94.2 Å². The Morgan fingerprint density at radius 2 is 1.85 bits per heavy atom. The van der Waals surface area contributed by atoms with E-state index in [1.807, 2.05) is 0 Å². The number of nitrogens with one attached hydrogen (secondary N) is 1. The normalized spacial score (nSPS) is 11.0. The van der Waals surface area contributed by atoms with Crippen LogP contribution in [-0.4, -0.2) is 55.7 Å². The molecule has 1 amide bonds. The molecule has 0 atom stereocenters. The smallest absolute Gasteiger partial charge is 0.332 e. The molecule has 26 heavy (non-hydrogen) atoms. The number of nitrogens with zero attached hydrogens (tertiary/aromatic N) is 5. The number of rotatable bonds is 8. The summed E-state index contributed by atoms with van der Waals surface area (Å²) in [6.45, 7) is 7.72. The minimum absolute atomic E-state index is 0. The average Bonchev–Trinajstić information content (AvgIpc) is 3.02. The summed E-state index contributed by atoms with van der Waals surface area (Å²) in [5.41, 5.74) is -0.362. The van der Waals surface area contributed by atoms with E-state index >= 15 is 0 Å². The van der Waals surface area contributed by atoms with E-state index in [1.165, 1.54) is 22.5 Å². The Balaban J connectivity index is 0.00000338. The summed E-state index contributed by atoms with van der Waals surface area (Å²) in [7, 11) is 2.96. The number of hydrogen-bond acceptors (Lipinski definition) is 5. The first-order valence-electron chi connectivity index (χ1n) is 8.50. The van der Waals surface area contributed by atoms with Gasteiger partial charge < -0.3 is 14.8 Å². The number of aromatic nitrogens is 4. The van der Waals surface area contributed by atoms with Crippen molar-refractivity contribution in [3.05, 3.63) is 27.2 Å². The molecule has 0 spiro atoms. The van der Waals surface area contributed by atoms with Crippen molar-refractivity contribution >= 4 is 29.5 Å². The van der Waals surface area contributed by atoms with Gasteiger partial charge in [-0.15, -0.1) is 12.4 Å². The molecular weight excluding hydrogens is 360 g/mol. The lowest BCUT2D eigenvalue weighted by molar-refractivity contribution is -0.121. The SMILES string of the molecule is CCN(CC)CCCNC(=O)Cn1cnc2c1c(=O)n(C)c(=O)n2C.Cl. The number of imidazole rings is 1. The second-order valence-electron chi connectivity index (χ2n) is 5.98. The maximum absolute atomic E-state index is 12.3. The van der Waals surface area contributed by atoms with Crippen LogP contribution in [0.1, 0.15) is 20.3 Å². The lowest BCUT2D eigenvalue weighted by atomic mass is 10.3. The monoisotopic (exact) mass is 386 g/mol. The van der Waals surface area contributed by atoms with Crippen LogP contribution in [0.4, 0.5) is 0 Å². The fraction of sp³-hybridized carbons (Fsp3) is 0.625. The van der Waals surface area contributed by atoms with Crippen molar-refractivity contribution in [3.63, 3.8) is 0 Å². The highest BCUT2D eigenvalue weighted by atomic mass is 35.5. The molecule has 0 aliphatic carbocycles. The van der Waals surface area contributed by atoms with Crippen molar-refractivity contribution in [1.29, 1.82) is 0 Å². The zero-order chi connectivity index (χ0) is 18.6. The van der Waals surface area contributed by atoms with Crippen LogP contribution in [0.3, 0.4) is 0 Å². The molecule has 0 fully saturated rings. The summed E-state index contributed by atoms with van der Waals surface area (Å²) in [5, 5.41) is 2.86. The number of aryl methyl sites for hydroxylation is 1. The number of hydrogen-bond donors (Lipinski definition) is 1. The zero-order valence-electron chi connectivity index (χ0n) is 15.7. The quantitative estimate of drug-likeness (QED) is 0.629. The van der Waals surface area contributed by atoms with Crippen LogP contribution < -0.4 is 16.6 Å². The molecule has 0 saturated heterocycles. The number of fused-ring (bicyclic) bond motifs is 1. The summed E-state index contributed by atoms with van der Waals surface area (Å²) in [6.07, 6.45) is 2.29. The molecule has 1 N–H and O–H groups in total. The summed E-state index contributed by atoms with van der Waals surface area (Å²) < 4.78 is 3.80. The van der Waals surface area contributed by atoms with Gasteiger partial charge in [0.25, 0.3) is 5.56 Å². The molecule has 2 heterocycles. The predicted molar refractivity (Wildman–Crippen MR) is 103 cm³/mol. The van der Waals surface area contributed by atoms with Crippen molar-refractivity contribution in [1.82, 2.24) is 28.9 Å². The van der Waals surface area contributed by atoms with E-state index < -0.39 is 11.2 Å². The molecule has 2 rings (SSSR count). The van der Waals surface area contributed by atoms with Gasteiger partial charge in [0.2, 0.25) is 5.91 Å². The van der Waals surface area contributed by atoms with Crippen molar-refractivity contribution in [3.8, 4) is 0 Å². The third kappa shape index (κ3) is 4.53. The third-order valence-corrected chi connectivity index (χ3v) is 4.40. The van der Waals surface area contributed by atoms with E-state index in [9.17, 15) is 14.4 Å². The third-order valence-electron chi connectivity index (χ3n) is 4.40. The highest BCUT2D eigenvalue weighted by molar-refractivity contribution is 5.85. The fourth-order valence-electron chi connectivity index (χ4n) is 2.80. The highest BCUT2D eigenvalue weighted by Gasteiger charge is 2.15. The molecule has 10 heteroatoms. The maximum atomic E-state index is 12.3. The molecule has 0 radical (unpaired) electrons. The molecule has 2 aromatic heterocycles. The minimum Gasteiger partial charge on any atom is -0.355 e. The van der Waals surface area contributed by atoms with Gasteiger partial charge in [-0.25, -0.2) is 9.78 Å². The highest BCUT2D eigenvalue weighted by Crippen LogP contribution is 2.05. The van der Waals surface area contributed by atoms with E-state index in [1.54, 1.807) is 7.05 Å². The largest absolute Gasteiger partial charge is 0.355 e. The van der Waals surface area contributed by atoms with Gasteiger partial charge in [-0.1, -0.05) is 13.8 Å². The molecule has 0 aromatic carbocycles. The van der Waals surface area contributed by atoms with Crippen LogP contribution in [0.25, 0.3) is 11.2 Å². The summed E-state index contributed by atoms with van der Waals surface area (Å²) in [4.78, 5) is 42.8. The second kappa shape index (κ2) is 9.54. The maximum Gasteiger partial charge on any atom is 0.332 e. The molecule has 0 aliphatic heterocycles. The van der Waals surface area contributed by atoms with Crippen LogP contribution in [0.5, 0.6) is 0 Å². The van der Waals surface area contributed by atoms with Gasteiger partial charge in [0.05, 0.1) is 6.33 Å². The number of halogens is 1. The Morgan fingerprint density at radius 1 is 1.19 bits per heavy atom. The second-order valence-corrected chi connectivity index (χ2v) is 5.98. The molecule has 9 nitrogen and oxygen atoms in total. The summed E-state index contributed by atoms with van der Waals surface area (Å²) >= 11 is 0. The number of amides is 1. The van der Waals surface area contributed by atoms with Gasteiger partial charge in [0.1, 0.15) is 6.54 Å². The van der Waals surface area contributed by atoms with Crippen LogP contribution in [0.15, 0.2) is 15.9 Å². The van der Waals surface area contributed by atoms with E-state index in [4.69, 9.17) is 0 Å². The lowest BCUT2D eigenvalue weighted by Gasteiger charge is -2.17. The van der Waals surface area contributed by atoms with E-state index in [2.05, 4.69) is 29.0 Å². The molecule has 0 aliphatic rings. The Morgan fingerprint density at radius 3 is 2.46 bits per heavy atom. The molecule has 2 aromatic rings. The fourth-order valence-corrected chi connectivity index (χ4v) is 2.80. The number of carbonyl (C=O) groups is 1. The van der Waals surface area contributed by atoms with Gasteiger partial charge in [0, 0.05) is 20.6 Å². The van der Waals surface area contributed by atoms with Gasteiger partial charge in [-0.3, -0.25) is 18.7 Å². The Hall–Kier alpha value is -2.13. The Kier molecular flexibility index (Phi) is 8.04. The molecule has 0 saturated carbocycles. The Labute approximate surface area is 158 Å². The molecular formula is C16H27ClN6O3. The van der Waals surface area contributed by atoms with E-state index in [0.29, 0.717) is 6.54 Å². The van der Waals surface area contributed by atoms with Gasteiger partial charge >= 0.3 is 5.69 Å².